The molecule has 1 aliphatic heterocycles. The Morgan fingerprint density at radius 1 is 0.973 bits per heavy atom. The summed E-state index contributed by atoms with van der Waals surface area (Å²) in [4.78, 5) is 8.83. The number of rotatable bonds is 4. The van der Waals surface area contributed by atoms with E-state index in [0.717, 1.165) is 44.7 Å². The maximum atomic E-state index is 11.3. The fraction of sp³-hybridized carbons (Fsp3) is 0.172. The molecule has 188 valence electrons. The first kappa shape index (κ1) is 25.0. The van der Waals surface area contributed by atoms with E-state index >= 15 is 0 Å². The summed E-state index contributed by atoms with van der Waals surface area (Å²) in [7, 11) is 5.89. The van der Waals surface area contributed by atoms with E-state index in [4.69, 9.17) is 28.8 Å². The molecule has 4 aromatic carbocycles. The van der Waals surface area contributed by atoms with Crippen molar-refractivity contribution in [1.29, 1.82) is 0 Å². The lowest BCUT2D eigenvalue weighted by Crippen LogP contribution is -2.50. The summed E-state index contributed by atoms with van der Waals surface area (Å²) in [5, 5.41) is 21.0. The van der Waals surface area contributed by atoms with Crippen molar-refractivity contribution in [3.8, 4) is 0 Å². The van der Waals surface area contributed by atoms with Gasteiger partial charge in [0.15, 0.2) is 17.5 Å². The molecule has 4 aromatic rings. The smallest absolute Gasteiger partial charge is 0.172 e. The third-order valence-corrected chi connectivity index (χ3v) is 6.95. The normalized spacial score (nSPS) is 17.0. The number of aliphatic imine (C=N–C) groups is 1. The zero-order valence-electron chi connectivity index (χ0n) is 20.8. The van der Waals surface area contributed by atoms with Gasteiger partial charge < -0.3 is 25.5 Å². The number of nitrogens with one attached hydrogen (secondary N) is 2. The fourth-order valence-electron chi connectivity index (χ4n) is 4.64. The first-order valence-electron chi connectivity index (χ1n) is 11.9. The number of thiocarbonyl (C=S) groups is 1. The average Bonchev–Trinajstić information content (AvgIpc) is 2.99. The highest BCUT2D eigenvalue weighted by molar-refractivity contribution is 7.80. The zero-order chi connectivity index (χ0) is 26.1. The average molecular weight is 530 g/mol. The lowest BCUT2D eigenvalue weighted by atomic mass is 10.0. The van der Waals surface area contributed by atoms with Crippen LogP contribution in [0.15, 0.2) is 89.9 Å². The highest BCUT2D eigenvalue weighted by atomic mass is 35.5. The van der Waals surface area contributed by atoms with Crippen LogP contribution in [0.3, 0.4) is 0 Å². The van der Waals surface area contributed by atoms with Gasteiger partial charge in [-0.05, 0) is 42.5 Å². The minimum atomic E-state index is -0.978. The molecule has 0 saturated heterocycles. The molecule has 0 amide bonds. The highest BCUT2D eigenvalue weighted by Crippen LogP contribution is 2.33. The first-order chi connectivity index (χ1) is 17.8. The van der Waals surface area contributed by atoms with Crippen molar-refractivity contribution in [2.75, 3.05) is 36.3 Å². The third kappa shape index (κ3) is 4.98. The number of anilines is 3. The van der Waals surface area contributed by atoms with Crippen LogP contribution < -0.4 is 20.4 Å². The minimum absolute atomic E-state index is 0.361. The number of hydrogen-bond donors (Lipinski definition) is 3. The van der Waals surface area contributed by atoms with Gasteiger partial charge in [-0.2, -0.15) is 0 Å². The molecule has 0 aromatic heterocycles. The Kier molecular flexibility index (Phi) is 7.02. The van der Waals surface area contributed by atoms with Gasteiger partial charge in [-0.15, -0.1) is 0 Å². The maximum absolute atomic E-state index is 11.3. The summed E-state index contributed by atoms with van der Waals surface area (Å²) in [6, 6.07) is 27.7. The van der Waals surface area contributed by atoms with E-state index in [1.807, 2.05) is 87.9 Å². The number of fused-ring (bicyclic) bond motifs is 2. The first-order valence-corrected chi connectivity index (χ1v) is 12.7. The van der Waals surface area contributed by atoms with Gasteiger partial charge in [0.05, 0.1) is 5.71 Å². The standard InChI is InChI=1S/C29H28ClN5OS/c1-34(2)24-16-14-23(20-11-7-8-12-21(20)24)31-29(37)33-27-28(36)35(3)25-15-13-19(30)17-22(25)26(32-27)18-9-5-4-6-10-18/h4-17,27-28,36H,1-3H3,(H2,31,33,37). The second-order valence-corrected chi connectivity index (χ2v) is 9.99. The van der Waals surface area contributed by atoms with Crippen molar-refractivity contribution >= 4 is 62.5 Å². The van der Waals surface area contributed by atoms with Crippen LogP contribution in [0.5, 0.6) is 0 Å². The molecular formula is C29H28ClN5OS. The van der Waals surface area contributed by atoms with Crippen LogP contribution in [-0.4, -0.2) is 49.5 Å². The molecule has 1 heterocycles. The molecule has 2 unspecified atom stereocenters. The molecule has 0 spiro atoms. The van der Waals surface area contributed by atoms with Gasteiger partial charge in [-0.25, -0.2) is 0 Å². The van der Waals surface area contributed by atoms with Gasteiger partial charge in [-0.1, -0.05) is 66.2 Å². The molecule has 0 fully saturated rings. The quantitative estimate of drug-likeness (QED) is 0.304. The highest BCUT2D eigenvalue weighted by Gasteiger charge is 2.31. The number of benzene rings is 4. The van der Waals surface area contributed by atoms with Crippen molar-refractivity contribution in [2.45, 2.75) is 12.4 Å². The van der Waals surface area contributed by atoms with E-state index in [1.54, 1.807) is 4.90 Å². The van der Waals surface area contributed by atoms with Crippen LogP contribution in [0.1, 0.15) is 11.1 Å². The van der Waals surface area contributed by atoms with Gasteiger partial charge in [0.1, 0.15) is 0 Å². The molecule has 5 rings (SSSR count). The number of aliphatic hydroxyl groups is 1. The number of aliphatic hydroxyl groups excluding tert-OH is 1. The fourth-order valence-corrected chi connectivity index (χ4v) is 5.05. The minimum Gasteiger partial charge on any atom is -0.377 e. The van der Waals surface area contributed by atoms with E-state index in [2.05, 4.69) is 33.7 Å². The monoisotopic (exact) mass is 529 g/mol. The van der Waals surface area contributed by atoms with Gasteiger partial charge in [0.2, 0.25) is 0 Å². The third-order valence-electron chi connectivity index (χ3n) is 6.50. The summed E-state index contributed by atoms with van der Waals surface area (Å²) in [5.74, 6) is 0. The Labute approximate surface area is 227 Å². The van der Waals surface area contributed by atoms with E-state index in [-0.39, 0.29) is 0 Å². The van der Waals surface area contributed by atoms with E-state index in [9.17, 15) is 5.11 Å². The van der Waals surface area contributed by atoms with Gasteiger partial charge in [0, 0.05) is 65.1 Å². The van der Waals surface area contributed by atoms with Crippen LogP contribution in [-0.2, 0) is 0 Å². The molecule has 0 aliphatic carbocycles. The molecule has 6 nitrogen and oxygen atoms in total. The van der Waals surface area contributed by atoms with Crippen molar-refractivity contribution in [2.24, 2.45) is 4.99 Å². The van der Waals surface area contributed by atoms with Crippen LogP contribution in [0, 0.1) is 0 Å². The molecular weight excluding hydrogens is 502 g/mol. The number of benzodiazepines with no additional fused rings is 1. The topological polar surface area (TPSA) is 63.1 Å². The predicted octanol–water partition coefficient (Wildman–Crippen LogP) is 5.48. The molecule has 3 N–H and O–H groups in total. The van der Waals surface area contributed by atoms with Gasteiger partial charge >= 0.3 is 0 Å². The maximum Gasteiger partial charge on any atom is 0.172 e. The molecule has 2 atom stereocenters. The van der Waals surface area contributed by atoms with E-state index in [0.29, 0.717) is 10.1 Å². The Balaban J connectivity index is 1.49. The second kappa shape index (κ2) is 10.4. The Morgan fingerprint density at radius 2 is 1.68 bits per heavy atom. The zero-order valence-corrected chi connectivity index (χ0v) is 22.4. The lowest BCUT2D eigenvalue weighted by Gasteiger charge is -2.30. The second-order valence-electron chi connectivity index (χ2n) is 9.15. The van der Waals surface area contributed by atoms with Gasteiger partial charge in [-0.3, -0.25) is 4.99 Å². The molecule has 0 radical (unpaired) electrons. The molecule has 1 aliphatic rings. The van der Waals surface area contributed by atoms with Crippen molar-refractivity contribution < 1.29 is 5.11 Å². The predicted molar refractivity (Wildman–Crippen MR) is 159 cm³/mol. The SMILES string of the molecule is CN(C)c1ccc(NC(=S)NC2N=C(c3ccccc3)c3cc(Cl)ccc3N(C)C2O)c2ccccc12. The van der Waals surface area contributed by atoms with Crippen molar-refractivity contribution in [1.82, 2.24) is 5.32 Å². The largest absolute Gasteiger partial charge is 0.377 e. The summed E-state index contributed by atoms with van der Waals surface area (Å²) in [6.45, 7) is 0. The van der Waals surface area contributed by atoms with E-state index < -0.39 is 12.4 Å². The Bertz CT molecular complexity index is 1490. The summed E-state index contributed by atoms with van der Waals surface area (Å²) < 4.78 is 0. The van der Waals surface area contributed by atoms with Gasteiger partial charge in [0.25, 0.3) is 0 Å². The van der Waals surface area contributed by atoms with Crippen molar-refractivity contribution in [3.63, 3.8) is 0 Å². The van der Waals surface area contributed by atoms with Crippen LogP contribution >= 0.6 is 23.8 Å². The summed E-state index contributed by atoms with van der Waals surface area (Å²) in [5.41, 5.74) is 5.31. The lowest BCUT2D eigenvalue weighted by molar-refractivity contribution is 0.141. The van der Waals surface area contributed by atoms with Crippen LogP contribution in [0.2, 0.25) is 5.02 Å². The van der Waals surface area contributed by atoms with Crippen molar-refractivity contribution in [3.05, 3.63) is 101 Å². The summed E-state index contributed by atoms with van der Waals surface area (Å²) >= 11 is 12.1. The van der Waals surface area contributed by atoms with E-state index in [1.165, 1.54) is 0 Å². The summed E-state index contributed by atoms with van der Waals surface area (Å²) in [6.07, 6.45) is -1.72. The van der Waals surface area contributed by atoms with Crippen LogP contribution in [0.4, 0.5) is 17.1 Å². The Morgan fingerprint density at radius 3 is 2.41 bits per heavy atom. The molecule has 0 saturated carbocycles. The molecule has 8 heteroatoms. The number of halogens is 1. The number of nitrogens with zero attached hydrogens (tertiary/aromatic N) is 3. The van der Waals surface area contributed by atoms with Crippen LogP contribution in [0.25, 0.3) is 10.8 Å². The molecule has 37 heavy (non-hydrogen) atoms. The number of hydrogen-bond acceptors (Lipinski definition) is 5. The number of likely N-dealkylation sites (N-methyl/N-ethyl adjacent to an activating group) is 1. The Hall–Kier alpha value is -3.65. The molecule has 0 bridgehead atoms.